The van der Waals surface area contributed by atoms with Crippen molar-refractivity contribution in [2.45, 2.75) is 322 Å². The monoisotopic (exact) mass is 993 g/mol. The molecule has 0 aliphatic rings. The molecule has 0 saturated heterocycles. The zero-order valence-corrected chi connectivity index (χ0v) is 47.2. The Kier molecular flexibility index (Phi) is 57.2. The number of carbonyl (C=O) groups is 3. The standard InChI is InChI=1S/C65H116O6/c1-4-7-10-13-16-19-22-25-28-30-31-32-33-35-38-41-44-47-50-53-56-59-65(68)71-62(60-69-63(66)57-54-51-48-45-42-39-36-27-24-21-18-15-12-9-6-3)61-70-64(67)58-55-52-49-46-43-40-37-34-29-26-23-20-17-14-11-8-5-2/h17,20,26-27,29,36-37,40,46,49,62H,4-16,18-19,21-25,28,30-35,38-39,41-45,47-48,50-61H2,1-3H3/b20-17-,29-26-,36-27-,40-37-,49-46-/t62-/m0/s1. The lowest BCUT2D eigenvalue weighted by Gasteiger charge is -2.18. The highest BCUT2D eigenvalue weighted by Crippen LogP contribution is 2.17. The van der Waals surface area contributed by atoms with Crippen LogP contribution in [0.5, 0.6) is 0 Å². The van der Waals surface area contributed by atoms with Crippen LogP contribution in [0, 0.1) is 0 Å². The van der Waals surface area contributed by atoms with E-state index in [1.54, 1.807) is 0 Å². The normalized spacial score (nSPS) is 12.4. The Balaban J connectivity index is 4.41. The van der Waals surface area contributed by atoms with E-state index in [9.17, 15) is 14.4 Å². The van der Waals surface area contributed by atoms with E-state index >= 15 is 0 Å². The predicted molar refractivity (Wildman–Crippen MR) is 307 cm³/mol. The first-order valence-corrected chi connectivity index (χ1v) is 30.8. The maximum atomic E-state index is 12.9. The molecule has 6 heteroatoms. The van der Waals surface area contributed by atoms with Gasteiger partial charge in [0.15, 0.2) is 6.10 Å². The first-order chi connectivity index (χ1) is 35.0. The molecule has 0 aliphatic heterocycles. The van der Waals surface area contributed by atoms with Gasteiger partial charge in [-0.25, -0.2) is 0 Å². The van der Waals surface area contributed by atoms with E-state index in [0.29, 0.717) is 19.3 Å². The molecule has 0 aromatic rings. The fourth-order valence-corrected chi connectivity index (χ4v) is 8.84. The average molecular weight is 994 g/mol. The first kappa shape index (κ1) is 68.1. The summed E-state index contributed by atoms with van der Waals surface area (Å²) in [5.41, 5.74) is 0. The summed E-state index contributed by atoms with van der Waals surface area (Å²) in [4.78, 5) is 38.2. The number of allylic oxidation sites excluding steroid dienone is 10. The summed E-state index contributed by atoms with van der Waals surface area (Å²) in [5, 5.41) is 0. The smallest absolute Gasteiger partial charge is 0.306 e. The largest absolute Gasteiger partial charge is 0.462 e. The molecule has 0 N–H and O–H groups in total. The van der Waals surface area contributed by atoms with E-state index in [0.717, 1.165) is 70.6 Å². The predicted octanol–water partition coefficient (Wildman–Crippen LogP) is 20.8. The fraction of sp³-hybridized carbons (Fsp3) is 0.800. The maximum Gasteiger partial charge on any atom is 0.306 e. The molecule has 0 aromatic carbocycles. The van der Waals surface area contributed by atoms with E-state index in [-0.39, 0.29) is 37.5 Å². The van der Waals surface area contributed by atoms with Crippen molar-refractivity contribution in [1.29, 1.82) is 0 Å². The second-order valence-electron chi connectivity index (χ2n) is 20.6. The molecule has 0 radical (unpaired) electrons. The Morgan fingerprint density at radius 1 is 0.282 bits per heavy atom. The van der Waals surface area contributed by atoms with Crippen molar-refractivity contribution in [3.63, 3.8) is 0 Å². The molecule has 0 rings (SSSR count). The van der Waals surface area contributed by atoms with Gasteiger partial charge in [0.25, 0.3) is 0 Å². The van der Waals surface area contributed by atoms with Gasteiger partial charge in [0, 0.05) is 19.3 Å². The zero-order valence-electron chi connectivity index (χ0n) is 47.2. The number of ether oxygens (including phenoxy) is 3. The number of unbranched alkanes of at least 4 members (excludes halogenated alkanes) is 35. The molecule has 6 nitrogen and oxygen atoms in total. The lowest BCUT2D eigenvalue weighted by molar-refractivity contribution is -0.167. The van der Waals surface area contributed by atoms with E-state index < -0.39 is 6.10 Å². The fourth-order valence-electron chi connectivity index (χ4n) is 8.84. The average Bonchev–Trinajstić information content (AvgIpc) is 3.37. The van der Waals surface area contributed by atoms with Gasteiger partial charge in [-0.2, -0.15) is 0 Å². The summed E-state index contributed by atoms with van der Waals surface area (Å²) in [6.07, 6.45) is 75.1. The number of rotatable bonds is 56. The molecular formula is C65H116O6. The molecule has 0 aliphatic carbocycles. The van der Waals surface area contributed by atoms with Crippen LogP contribution in [-0.4, -0.2) is 37.2 Å². The van der Waals surface area contributed by atoms with E-state index in [4.69, 9.17) is 14.2 Å². The lowest BCUT2D eigenvalue weighted by atomic mass is 10.0. The van der Waals surface area contributed by atoms with Crippen LogP contribution >= 0.6 is 0 Å². The highest BCUT2D eigenvalue weighted by Gasteiger charge is 2.19. The van der Waals surface area contributed by atoms with Crippen LogP contribution in [0.2, 0.25) is 0 Å². The number of hydrogen-bond donors (Lipinski definition) is 0. The second-order valence-corrected chi connectivity index (χ2v) is 20.6. The van der Waals surface area contributed by atoms with Gasteiger partial charge in [0.1, 0.15) is 13.2 Å². The van der Waals surface area contributed by atoms with Crippen molar-refractivity contribution in [2.24, 2.45) is 0 Å². The van der Waals surface area contributed by atoms with E-state index in [1.165, 1.54) is 199 Å². The SMILES string of the molecule is CCCCC/C=C\C/C=C\C/C=C\C/C=C\CCCC(=O)OC[C@H](COC(=O)CCCCCCC/C=C\CCCCCCCC)OC(=O)CCCCCCCCCCCCCCCCCCCCCCC. The summed E-state index contributed by atoms with van der Waals surface area (Å²) < 4.78 is 16.9. The summed E-state index contributed by atoms with van der Waals surface area (Å²) in [6, 6.07) is 0. The van der Waals surface area contributed by atoms with Gasteiger partial charge >= 0.3 is 17.9 Å². The summed E-state index contributed by atoms with van der Waals surface area (Å²) in [5.74, 6) is -0.943. The van der Waals surface area contributed by atoms with Crippen LogP contribution in [0.4, 0.5) is 0 Å². The third kappa shape index (κ3) is 57.9. The highest BCUT2D eigenvalue weighted by atomic mass is 16.6. The molecule has 412 valence electrons. The molecule has 0 unspecified atom stereocenters. The van der Waals surface area contributed by atoms with Crippen LogP contribution in [0.15, 0.2) is 60.8 Å². The van der Waals surface area contributed by atoms with Crippen LogP contribution in [0.3, 0.4) is 0 Å². The van der Waals surface area contributed by atoms with Crippen LogP contribution in [0.25, 0.3) is 0 Å². The Morgan fingerprint density at radius 2 is 0.521 bits per heavy atom. The third-order valence-corrected chi connectivity index (χ3v) is 13.5. The minimum absolute atomic E-state index is 0.0928. The van der Waals surface area contributed by atoms with Crippen LogP contribution < -0.4 is 0 Å². The molecule has 0 fully saturated rings. The van der Waals surface area contributed by atoms with Crippen molar-refractivity contribution in [1.82, 2.24) is 0 Å². The molecule has 0 heterocycles. The van der Waals surface area contributed by atoms with Crippen molar-refractivity contribution in [2.75, 3.05) is 13.2 Å². The van der Waals surface area contributed by atoms with Crippen molar-refractivity contribution in [3.05, 3.63) is 60.8 Å². The van der Waals surface area contributed by atoms with E-state index in [1.807, 2.05) is 0 Å². The van der Waals surface area contributed by atoms with Gasteiger partial charge < -0.3 is 14.2 Å². The third-order valence-electron chi connectivity index (χ3n) is 13.5. The minimum Gasteiger partial charge on any atom is -0.462 e. The quantitative estimate of drug-likeness (QED) is 0.0261. The molecular weight excluding hydrogens is 877 g/mol. The van der Waals surface area contributed by atoms with Gasteiger partial charge in [-0.1, -0.05) is 274 Å². The molecule has 0 aromatic heterocycles. The molecule has 0 amide bonds. The molecule has 1 atom stereocenters. The van der Waals surface area contributed by atoms with Gasteiger partial charge in [-0.15, -0.1) is 0 Å². The maximum absolute atomic E-state index is 12.9. The minimum atomic E-state index is -0.798. The van der Waals surface area contributed by atoms with Gasteiger partial charge in [-0.3, -0.25) is 14.4 Å². The number of esters is 3. The molecule has 71 heavy (non-hydrogen) atoms. The van der Waals surface area contributed by atoms with Crippen LogP contribution in [0.1, 0.15) is 316 Å². The van der Waals surface area contributed by atoms with Crippen LogP contribution in [-0.2, 0) is 28.6 Å². The molecule has 0 bridgehead atoms. The Bertz CT molecular complexity index is 1280. The number of hydrogen-bond acceptors (Lipinski definition) is 6. The zero-order chi connectivity index (χ0) is 51.4. The lowest BCUT2D eigenvalue weighted by Crippen LogP contribution is -2.30. The molecule has 0 saturated carbocycles. The first-order valence-electron chi connectivity index (χ1n) is 30.8. The Hall–Kier alpha value is -2.89. The van der Waals surface area contributed by atoms with Crippen molar-refractivity contribution < 1.29 is 28.6 Å². The van der Waals surface area contributed by atoms with E-state index in [2.05, 4.69) is 81.5 Å². The highest BCUT2D eigenvalue weighted by molar-refractivity contribution is 5.71. The molecule has 0 spiro atoms. The summed E-state index contributed by atoms with van der Waals surface area (Å²) in [7, 11) is 0. The van der Waals surface area contributed by atoms with Crippen molar-refractivity contribution in [3.8, 4) is 0 Å². The van der Waals surface area contributed by atoms with Gasteiger partial charge in [0.05, 0.1) is 0 Å². The number of carbonyl (C=O) groups excluding carboxylic acids is 3. The van der Waals surface area contributed by atoms with Crippen molar-refractivity contribution >= 4 is 17.9 Å². The summed E-state index contributed by atoms with van der Waals surface area (Å²) >= 11 is 0. The Morgan fingerprint density at radius 3 is 0.887 bits per heavy atom. The Labute approximate surface area is 440 Å². The van der Waals surface area contributed by atoms with Gasteiger partial charge in [0.2, 0.25) is 0 Å². The van der Waals surface area contributed by atoms with Gasteiger partial charge in [-0.05, 0) is 83.5 Å². The topological polar surface area (TPSA) is 78.9 Å². The second kappa shape index (κ2) is 59.7. The summed E-state index contributed by atoms with van der Waals surface area (Å²) in [6.45, 7) is 6.59.